The zero-order valence-corrected chi connectivity index (χ0v) is 8.02. The van der Waals surface area contributed by atoms with Crippen LogP contribution in [0, 0.1) is 5.92 Å². The van der Waals surface area contributed by atoms with Crippen LogP contribution in [0.3, 0.4) is 0 Å². The Morgan fingerprint density at radius 1 is 1.21 bits per heavy atom. The van der Waals surface area contributed by atoms with Crippen molar-refractivity contribution in [1.82, 2.24) is 0 Å². The lowest BCUT2D eigenvalue weighted by Crippen LogP contribution is -2.10. The van der Waals surface area contributed by atoms with Gasteiger partial charge in [-0.05, 0) is 17.4 Å². The first-order chi connectivity index (χ1) is 6.81. The van der Waals surface area contributed by atoms with Crippen molar-refractivity contribution in [3.8, 4) is 0 Å². The lowest BCUT2D eigenvalue weighted by Gasteiger charge is -2.16. The number of aliphatic hydroxyl groups is 1. The number of Topliss-reactive ketones (excluding diaryl/α,β-unsaturated/α-hetero) is 1. The Morgan fingerprint density at radius 2 is 1.93 bits per heavy atom. The summed E-state index contributed by atoms with van der Waals surface area (Å²) in [5.74, 6) is 0.636. The Bertz CT molecular complexity index is 318. The van der Waals surface area contributed by atoms with Crippen molar-refractivity contribution in [3.05, 3.63) is 35.9 Å². The number of hydrogen-bond acceptors (Lipinski definition) is 2. The molecule has 0 saturated heterocycles. The third-order valence-corrected chi connectivity index (χ3v) is 2.97. The topological polar surface area (TPSA) is 37.3 Å². The van der Waals surface area contributed by atoms with Gasteiger partial charge in [0.25, 0.3) is 0 Å². The van der Waals surface area contributed by atoms with Crippen LogP contribution in [-0.2, 0) is 4.79 Å². The summed E-state index contributed by atoms with van der Waals surface area (Å²) in [6.45, 7) is 0.116. The highest BCUT2D eigenvalue weighted by atomic mass is 16.3. The maximum atomic E-state index is 11.3. The summed E-state index contributed by atoms with van der Waals surface area (Å²) < 4.78 is 0. The molecule has 0 amide bonds. The smallest absolute Gasteiger partial charge is 0.133 e. The first kappa shape index (κ1) is 9.41. The summed E-state index contributed by atoms with van der Waals surface area (Å²) >= 11 is 0. The van der Waals surface area contributed by atoms with Crippen LogP contribution in [0.2, 0.25) is 0 Å². The van der Waals surface area contributed by atoms with E-state index in [1.54, 1.807) is 0 Å². The number of carbonyl (C=O) groups excluding carboxylic acids is 1. The number of rotatable bonds is 2. The molecule has 1 aromatic rings. The predicted octanol–water partition coefficient (Wildman–Crippen LogP) is 1.74. The molecule has 0 heterocycles. The molecule has 2 atom stereocenters. The van der Waals surface area contributed by atoms with E-state index in [1.807, 2.05) is 30.3 Å². The first-order valence-corrected chi connectivity index (χ1v) is 4.98. The van der Waals surface area contributed by atoms with E-state index < -0.39 is 0 Å². The van der Waals surface area contributed by atoms with Crippen LogP contribution in [0.25, 0.3) is 0 Å². The molecule has 1 fully saturated rings. The molecule has 1 N–H and O–H groups in total. The van der Waals surface area contributed by atoms with Gasteiger partial charge in [-0.3, -0.25) is 4.79 Å². The maximum absolute atomic E-state index is 11.3. The van der Waals surface area contributed by atoms with E-state index in [9.17, 15) is 4.79 Å². The van der Waals surface area contributed by atoms with Gasteiger partial charge in [-0.2, -0.15) is 0 Å². The summed E-state index contributed by atoms with van der Waals surface area (Å²) in [6.07, 6.45) is 1.13. The number of ketones is 1. The van der Waals surface area contributed by atoms with Gasteiger partial charge in [0.15, 0.2) is 0 Å². The second-order valence-corrected chi connectivity index (χ2v) is 3.91. The van der Waals surface area contributed by atoms with E-state index in [0.29, 0.717) is 12.8 Å². The van der Waals surface area contributed by atoms with Gasteiger partial charge in [0.2, 0.25) is 0 Å². The fraction of sp³-hybridized carbons (Fsp3) is 0.417. The molecule has 1 aromatic carbocycles. The minimum Gasteiger partial charge on any atom is -0.396 e. The Morgan fingerprint density at radius 3 is 2.57 bits per heavy atom. The van der Waals surface area contributed by atoms with Crippen molar-refractivity contribution >= 4 is 5.78 Å². The van der Waals surface area contributed by atoms with Crippen LogP contribution in [0.5, 0.6) is 0 Å². The molecule has 1 saturated carbocycles. The van der Waals surface area contributed by atoms with Crippen molar-refractivity contribution in [2.45, 2.75) is 18.8 Å². The van der Waals surface area contributed by atoms with E-state index in [2.05, 4.69) is 0 Å². The van der Waals surface area contributed by atoms with E-state index in [4.69, 9.17) is 5.11 Å². The van der Waals surface area contributed by atoms with Gasteiger partial charge < -0.3 is 5.11 Å². The average Bonchev–Trinajstić information content (AvgIpc) is 2.61. The monoisotopic (exact) mass is 190 g/mol. The van der Waals surface area contributed by atoms with Crippen molar-refractivity contribution in [1.29, 1.82) is 0 Å². The standard InChI is InChI=1S/C12H14O2/c13-8-10-6-11(14)7-12(10)9-4-2-1-3-5-9/h1-5,10,12-13H,6-8H2/t10-,12?/m1/s1. The van der Waals surface area contributed by atoms with E-state index in [-0.39, 0.29) is 24.2 Å². The Kier molecular flexibility index (Phi) is 2.64. The lowest BCUT2D eigenvalue weighted by molar-refractivity contribution is -0.117. The van der Waals surface area contributed by atoms with Crippen LogP contribution < -0.4 is 0 Å². The fourth-order valence-electron chi connectivity index (χ4n) is 2.21. The summed E-state index contributed by atoms with van der Waals surface area (Å²) in [4.78, 5) is 11.3. The number of hydrogen-bond donors (Lipinski definition) is 1. The van der Waals surface area contributed by atoms with Gasteiger partial charge in [0.05, 0.1) is 0 Å². The van der Waals surface area contributed by atoms with Crippen LogP contribution in [0.1, 0.15) is 24.3 Å². The third kappa shape index (κ3) is 1.70. The van der Waals surface area contributed by atoms with Crippen molar-refractivity contribution in [3.63, 3.8) is 0 Å². The first-order valence-electron chi connectivity index (χ1n) is 4.98. The molecular formula is C12H14O2. The predicted molar refractivity (Wildman–Crippen MR) is 54.0 cm³/mol. The van der Waals surface area contributed by atoms with Gasteiger partial charge in [-0.1, -0.05) is 30.3 Å². The van der Waals surface area contributed by atoms with Gasteiger partial charge in [-0.15, -0.1) is 0 Å². The Balaban J connectivity index is 2.22. The average molecular weight is 190 g/mol. The molecule has 0 aliphatic heterocycles. The molecule has 2 heteroatoms. The van der Waals surface area contributed by atoms with Crippen LogP contribution >= 0.6 is 0 Å². The summed E-state index contributed by atoms with van der Waals surface area (Å²) in [6, 6.07) is 9.99. The zero-order chi connectivity index (χ0) is 9.97. The van der Waals surface area contributed by atoms with Crippen molar-refractivity contribution < 1.29 is 9.90 Å². The number of benzene rings is 1. The van der Waals surface area contributed by atoms with Gasteiger partial charge in [0, 0.05) is 19.4 Å². The van der Waals surface area contributed by atoms with E-state index in [0.717, 1.165) is 0 Å². The maximum Gasteiger partial charge on any atom is 0.133 e. The highest BCUT2D eigenvalue weighted by Gasteiger charge is 2.33. The molecule has 2 rings (SSSR count). The number of carbonyl (C=O) groups is 1. The molecule has 0 aromatic heterocycles. The summed E-state index contributed by atoms with van der Waals surface area (Å²) in [5, 5.41) is 9.16. The van der Waals surface area contributed by atoms with E-state index in [1.165, 1.54) is 5.56 Å². The van der Waals surface area contributed by atoms with Crippen LogP contribution in [0.4, 0.5) is 0 Å². The molecular weight excluding hydrogens is 176 g/mol. The van der Waals surface area contributed by atoms with Gasteiger partial charge in [0.1, 0.15) is 5.78 Å². The molecule has 2 nitrogen and oxygen atoms in total. The van der Waals surface area contributed by atoms with Crippen molar-refractivity contribution in [2.75, 3.05) is 6.61 Å². The zero-order valence-electron chi connectivity index (χ0n) is 8.02. The second-order valence-electron chi connectivity index (χ2n) is 3.91. The SMILES string of the molecule is O=C1CC(c2ccccc2)[C@@H](CO)C1. The molecule has 1 aliphatic rings. The van der Waals surface area contributed by atoms with Gasteiger partial charge in [-0.25, -0.2) is 0 Å². The Labute approximate surface area is 83.6 Å². The van der Waals surface area contributed by atoms with Crippen LogP contribution in [-0.4, -0.2) is 17.5 Å². The normalized spacial score (nSPS) is 26.8. The largest absolute Gasteiger partial charge is 0.396 e. The molecule has 0 bridgehead atoms. The summed E-state index contributed by atoms with van der Waals surface area (Å²) in [5.41, 5.74) is 1.18. The summed E-state index contributed by atoms with van der Waals surface area (Å²) in [7, 11) is 0. The third-order valence-electron chi connectivity index (χ3n) is 2.97. The Hall–Kier alpha value is -1.15. The molecule has 74 valence electrons. The lowest BCUT2D eigenvalue weighted by atomic mass is 9.90. The highest BCUT2D eigenvalue weighted by molar-refractivity contribution is 5.82. The molecule has 1 aliphatic carbocycles. The number of aliphatic hydroxyl groups excluding tert-OH is 1. The highest BCUT2D eigenvalue weighted by Crippen LogP contribution is 2.36. The van der Waals surface area contributed by atoms with Gasteiger partial charge >= 0.3 is 0 Å². The molecule has 0 radical (unpaired) electrons. The van der Waals surface area contributed by atoms with Crippen LogP contribution in [0.15, 0.2) is 30.3 Å². The fourth-order valence-corrected chi connectivity index (χ4v) is 2.21. The van der Waals surface area contributed by atoms with Crippen molar-refractivity contribution in [2.24, 2.45) is 5.92 Å². The second kappa shape index (κ2) is 3.93. The molecule has 14 heavy (non-hydrogen) atoms. The molecule has 0 spiro atoms. The quantitative estimate of drug-likeness (QED) is 0.771. The minimum absolute atomic E-state index is 0.116. The minimum atomic E-state index is 0.116. The van der Waals surface area contributed by atoms with E-state index >= 15 is 0 Å². The molecule has 1 unspecified atom stereocenters.